The first-order valence-electron chi connectivity index (χ1n) is 11.7. The van der Waals surface area contributed by atoms with E-state index in [1.165, 1.54) is 36.4 Å². The van der Waals surface area contributed by atoms with Crippen LogP contribution in [0.3, 0.4) is 0 Å². The molecule has 3 aromatic carbocycles. The van der Waals surface area contributed by atoms with Gasteiger partial charge in [-0.3, -0.25) is 0 Å². The quantitative estimate of drug-likeness (QED) is 0.210. The Bertz CT molecular complexity index is 1170. The maximum absolute atomic E-state index is 13.2. The average Bonchev–Trinajstić information content (AvgIpc) is 3.30. The lowest BCUT2D eigenvalue weighted by Crippen LogP contribution is -2.32. The largest absolute Gasteiger partial charge is 0.573 e. The highest BCUT2D eigenvalue weighted by atomic mass is 32.2. The molecule has 1 saturated carbocycles. The smallest absolute Gasteiger partial charge is 0.483 e. The van der Waals surface area contributed by atoms with Crippen LogP contribution >= 0.6 is 0 Å². The molecular weight excluding hydrogens is 518 g/mol. The summed E-state index contributed by atoms with van der Waals surface area (Å²) in [7, 11) is -0.860. The molecule has 10 heteroatoms. The first-order valence-corrected chi connectivity index (χ1v) is 12.9. The summed E-state index contributed by atoms with van der Waals surface area (Å²) in [6, 6.07) is 19.0. The van der Waals surface area contributed by atoms with Crippen molar-refractivity contribution < 1.29 is 40.6 Å². The van der Waals surface area contributed by atoms with Crippen LogP contribution in [0.1, 0.15) is 39.0 Å². The molecule has 1 unspecified atom stereocenters. The van der Waals surface area contributed by atoms with Crippen molar-refractivity contribution in [2.75, 3.05) is 0 Å². The molecule has 0 aromatic heterocycles. The van der Waals surface area contributed by atoms with Gasteiger partial charge < -0.3 is 14.2 Å². The van der Waals surface area contributed by atoms with E-state index in [4.69, 9.17) is 4.74 Å². The minimum atomic E-state index is -4.90. The second kappa shape index (κ2) is 10.8. The minimum absolute atomic E-state index is 0.0102. The van der Waals surface area contributed by atoms with E-state index in [9.17, 15) is 26.3 Å². The fraction of sp³-hybridized carbons (Fsp3) is 0.333. The molecule has 37 heavy (non-hydrogen) atoms. The lowest BCUT2D eigenvalue weighted by atomic mass is 9.99. The Morgan fingerprint density at radius 1 is 0.703 bits per heavy atom. The van der Waals surface area contributed by atoms with Crippen LogP contribution in [0.15, 0.2) is 87.5 Å². The SMILES string of the molecule is CCC1(Oc2cc([S+](c3ccccc3)c3ccc(OC(F)(F)F)cc3)ccc2OC(F)(F)F)CCCC1. The van der Waals surface area contributed by atoms with Crippen molar-refractivity contribution >= 4 is 10.9 Å². The molecular formula is C27H25F6O3S+. The number of hydrogen-bond donors (Lipinski definition) is 0. The van der Waals surface area contributed by atoms with Gasteiger partial charge in [0.25, 0.3) is 0 Å². The molecule has 0 radical (unpaired) electrons. The average molecular weight is 544 g/mol. The Morgan fingerprint density at radius 3 is 1.84 bits per heavy atom. The van der Waals surface area contributed by atoms with E-state index in [0.29, 0.717) is 16.2 Å². The van der Waals surface area contributed by atoms with Gasteiger partial charge in [-0.15, -0.1) is 26.3 Å². The first-order chi connectivity index (χ1) is 17.5. The number of alkyl halides is 6. The molecule has 0 amide bonds. The highest BCUT2D eigenvalue weighted by Gasteiger charge is 2.39. The second-order valence-electron chi connectivity index (χ2n) is 8.64. The summed E-state index contributed by atoms with van der Waals surface area (Å²) in [4.78, 5) is 2.11. The molecule has 0 aliphatic heterocycles. The van der Waals surface area contributed by atoms with Gasteiger partial charge in [0.2, 0.25) is 0 Å². The van der Waals surface area contributed by atoms with Crippen LogP contribution in [0.4, 0.5) is 26.3 Å². The summed E-state index contributed by atoms with van der Waals surface area (Å²) >= 11 is 0. The van der Waals surface area contributed by atoms with Gasteiger partial charge in [-0.1, -0.05) is 25.1 Å². The zero-order chi connectivity index (χ0) is 26.7. The van der Waals surface area contributed by atoms with Crippen molar-refractivity contribution in [3.8, 4) is 17.2 Å². The van der Waals surface area contributed by atoms with Gasteiger partial charge in [0.05, 0.1) is 10.9 Å². The van der Waals surface area contributed by atoms with Gasteiger partial charge in [-0.2, -0.15) is 0 Å². The highest BCUT2D eigenvalue weighted by molar-refractivity contribution is 7.97. The van der Waals surface area contributed by atoms with Crippen molar-refractivity contribution in [2.45, 2.75) is 72.0 Å². The van der Waals surface area contributed by atoms with Crippen LogP contribution in [-0.4, -0.2) is 18.3 Å². The minimum Gasteiger partial charge on any atom is -0.483 e. The number of benzene rings is 3. The molecule has 1 atom stereocenters. The monoisotopic (exact) mass is 543 g/mol. The predicted octanol–water partition coefficient (Wildman–Crippen LogP) is 8.68. The summed E-state index contributed by atoms with van der Waals surface area (Å²) in [6.45, 7) is 1.94. The van der Waals surface area contributed by atoms with E-state index >= 15 is 0 Å². The lowest BCUT2D eigenvalue weighted by molar-refractivity contribution is -0.276. The number of rotatable bonds is 8. The van der Waals surface area contributed by atoms with Crippen molar-refractivity contribution in [1.82, 2.24) is 0 Å². The van der Waals surface area contributed by atoms with Crippen molar-refractivity contribution in [1.29, 1.82) is 0 Å². The second-order valence-corrected chi connectivity index (χ2v) is 10.7. The van der Waals surface area contributed by atoms with E-state index in [-0.39, 0.29) is 11.5 Å². The van der Waals surface area contributed by atoms with Crippen molar-refractivity contribution in [2.24, 2.45) is 0 Å². The molecule has 1 fully saturated rings. The van der Waals surface area contributed by atoms with Crippen molar-refractivity contribution in [3.05, 3.63) is 72.8 Å². The molecule has 3 nitrogen and oxygen atoms in total. The normalized spacial score (nSPS) is 16.3. The van der Waals surface area contributed by atoms with E-state index in [1.54, 1.807) is 6.07 Å². The van der Waals surface area contributed by atoms with Crippen LogP contribution in [0.2, 0.25) is 0 Å². The van der Waals surface area contributed by atoms with E-state index in [0.717, 1.165) is 30.6 Å². The van der Waals surface area contributed by atoms with Gasteiger partial charge in [-0.05, 0) is 80.6 Å². The predicted molar refractivity (Wildman–Crippen MR) is 127 cm³/mol. The Hall–Kier alpha value is -3.01. The van der Waals surface area contributed by atoms with Crippen LogP contribution < -0.4 is 14.2 Å². The third-order valence-corrected chi connectivity index (χ3v) is 8.35. The van der Waals surface area contributed by atoms with Crippen LogP contribution in [0.5, 0.6) is 17.2 Å². The van der Waals surface area contributed by atoms with E-state index in [2.05, 4.69) is 9.47 Å². The van der Waals surface area contributed by atoms with Gasteiger partial charge in [0.15, 0.2) is 26.2 Å². The molecule has 0 spiro atoms. The molecule has 1 aliphatic rings. The molecule has 4 rings (SSSR count). The number of hydrogen-bond acceptors (Lipinski definition) is 3. The highest BCUT2D eigenvalue weighted by Crippen LogP contribution is 2.44. The summed E-state index contributed by atoms with van der Waals surface area (Å²) in [6.07, 6.45) is -5.79. The standard InChI is InChI=1S/C27H25F6O3S/c1-2-25(16-6-7-17-25)35-24-18-22(14-15-23(24)36-27(31,32)33)37(20-8-4-3-5-9-20)21-12-10-19(11-13-21)34-26(28,29)30/h3-5,8-15,18H,2,6-7,16-17H2,1H3/q+1. The Morgan fingerprint density at radius 2 is 1.27 bits per heavy atom. The van der Waals surface area contributed by atoms with Crippen LogP contribution in [-0.2, 0) is 10.9 Å². The van der Waals surface area contributed by atoms with Crippen LogP contribution in [0, 0.1) is 0 Å². The molecule has 0 saturated heterocycles. The summed E-state index contributed by atoms with van der Waals surface area (Å²) < 4.78 is 92.0. The topological polar surface area (TPSA) is 27.7 Å². The van der Waals surface area contributed by atoms with Gasteiger partial charge in [0.1, 0.15) is 11.4 Å². The summed E-state index contributed by atoms with van der Waals surface area (Å²) in [5.41, 5.74) is -0.579. The van der Waals surface area contributed by atoms with Gasteiger partial charge >= 0.3 is 12.7 Å². The molecule has 1 aliphatic carbocycles. The van der Waals surface area contributed by atoms with E-state index in [1.807, 2.05) is 37.3 Å². The van der Waals surface area contributed by atoms with Crippen LogP contribution in [0.25, 0.3) is 0 Å². The third-order valence-electron chi connectivity index (χ3n) is 6.13. The molecule has 0 N–H and O–H groups in total. The fourth-order valence-electron chi connectivity index (χ4n) is 4.43. The lowest BCUT2D eigenvalue weighted by Gasteiger charge is -2.30. The summed E-state index contributed by atoms with van der Waals surface area (Å²) in [5, 5.41) is 0. The first kappa shape index (κ1) is 27.0. The maximum atomic E-state index is 13.2. The van der Waals surface area contributed by atoms with E-state index < -0.39 is 35.0 Å². The number of ether oxygens (including phenoxy) is 3. The molecule has 0 bridgehead atoms. The zero-order valence-electron chi connectivity index (χ0n) is 19.9. The maximum Gasteiger partial charge on any atom is 0.573 e. The van der Waals surface area contributed by atoms with Crippen molar-refractivity contribution in [3.63, 3.8) is 0 Å². The van der Waals surface area contributed by atoms with Gasteiger partial charge in [-0.25, -0.2) is 0 Å². The fourth-order valence-corrected chi connectivity index (χ4v) is 6.51. The molecule has 3 aromatic rings. The Balaban J connectivity index is 1.78. The summed E-state index contributed by atoms with van der Waals surface area (Å²) in [5.74, 6) is -0.803. The zero-order valence-corrected chi connectivity index (χ0v) is 20.7. The molecule has 198 valence electrons. The Labute approximate surface area is 213 Å². The Kier molecular flexibility index (Phi) is 7.87. The third kappa shape index (κ3) is 7.06. The number of halogens is 6. The molecule has 0 heterocycles. The van der Waals surface area contributed by atoms with Gasteiger partial charge in [0, 0.05) is 6.07 Å².